The number of nitrogens with one attached hydrogen (secondary N) is 1. The van der Waals surface area contributed by atoms with E-state index in [2.05, 4.69) is 21.2 Å². The highest BCUT2D eigenvalue weighted by Crippen LogP contribution is 2.29. The highest BCUT2D eigenvalue weighted by atomic mass is 79.9. The highest BCUT2D eigenvalue weighted by molar-refractivity contribution is 9.10. The summed E-state index contributed by atoms with van der Waals surface area (Å²) in [4.78, 5) is 0.355. The topological polar surface area (TPSA) is 49.4 Å². The molecule has 0 aromatic heterocycles. The fourth-order valence-corrected chi connectivity index (χ4v) is 5.00. The monoisotopic (exact) mass is 332 g/mol. The van der Waals surface area contributed by atoms with Crippen molar-refractivity contribution in [2.75, 3.05) is 20.1 Å². The normalized spacial score (nSPS) is 21.3. The Balaban J connectivity index is 2.34. The Bertz CT molecular complexity index is 519. The molecule has 1 saturated heterocycles. The maximum Gasteiger partial charge on any atom is 0.244 e. The number of nitrogens with zero attached hydrogens (tertiary/aromatic N) is 1. The summed E-state index contributed by atoms with van der Waals surface area (Å²) in [6, 6.07) is 7.04. The molecule has 0 aliphatic carbocycles. The third kappa shape index (κ3) is 2.61. The molecule has 4 nitrogen and oxygen atoms in total. The minimum atomic E-state index is -3.39. The summed E-state index contributed by atoms with van der Waals surface area (Å²) in [6.07, 6.45) is 1.85. The second-order valence-corrected chi connectivity index (χ2v) is 7.11. The zero-order valence-corrected chi connectivity index (χ0v) is 12.7. The van der Waals surface area contributed by atoms with Gasteiger partial charge in [-0.3, -0.25) is 0 Å². The largest absolute Gasteiger partial charge is 0.318 e. The zero-order valence-electron chi connectivity index (χ0n) is 10.3. The van der Waals surface area contributed by atoms with E-state index in [0.29, 0.717) is 22.5 Å². The quantitative estimate of drug-likeness (QED) is 0.914. The summed E-state index contributed by atoms with van der Waals surface area (Å²) in [5.41, 5.74) is 0. The van der Waals surface area contributed by atoms with Crippen LogP contribution in [0.4, 0.5) is 0 Å². The molecule has 1 unspecified atom stereocenters. The molecule has 1 atom stereocenters. The molecule has 1 N–H and O–H groups in total. The summed E-state index contributed by atoms with van der Waals surface area (Å²) < 4.78 is 27.5. The summed E-state index contributed by atoms with van der Waals surface area (Å²) in [7, 11) is -1.55. The summed E-state index contributed by atoms with van der Waals surface area (Å²) in [5.74, 6) is 0. The molecule has 0 radical (unpaired) electrons. The molecule has 1 aliphatic rings. The van der Waals surface area contributed by atoms with Gasteiger partial charge in [-0.05, 0) is 48.0 Å². The van der Waals surface area contributed by atoms with Gasteiger partial charge in [0.25, 0.3) is 0 Å². The van der Waals surface area contributed by atoms with Gasteiger partial charge in [-0.2, -0.15) is 4.31 Å². The average molecular weight is 333 g/mol. The van der Waals surface area contributed by atoms with Crippen LogP contribution in [-0.4, -0.2) is 38.9 Å². The van der Waals surface area contributed by atoms with Crippen molar-refractivity contribution >= 4 is 26.0 Å². The van der Waals surface area contributed by atoms with Crippen LogP contribution in [0, 0.1) is 0 Å². The van der Waals surface area contributed by atoms with Crippen molar-refractivity contribution < 1.29 is 8.42 Å². The molecule has 0 saturated carbocycles. The Labute approximate surface area is 117 Å². The Kier molecular flexibility index (Phi) is 4.42. The summed E-state index contributed by atoms with van der Waals surface area (Å²) >= 11 is 3.32. The number of likely N-dealkylation sites (N-methyl/N-ethyl adjacent to an activating group) is 1. The lowest BCUT2D eigenvalue weighted by molar-refractivity contribution is 0.379. The Morgan fingerprint density at radius 2 is 2.17 bits per heavy atom. The Hall–Kier alpha value is -0.430. The Morgan fingerprint density at radius 3 is 2.83 bits per heavy atom. The fraction of sp³-hybridized carbons (Fsp3) is 0.500. The lowest BCUT2D eigenvalue weighted by atomic mass is 10.2. The summed E-state index contributed by atoms with van der Waals surface area (Å²) in [6.45, 7) is 1.31. The number of sulfonamides is 1. The van der Waals surface area contributed by atoms with Crippen LogP contribution < -0.4 is 5.32 Å². The van der Waals surface area contributed by atoms with E-state index in [9.17, 15) is 8.42 Å². The predicted molar refractivity (Wildman–Crippen MR) is 75.0 cm³/mol. The standard InChI is InChI=1S/C12H17BrN2O2S/c1-14-9-10-5-4-8-15(10)18(16,17)12-7-3-2-6-11(12)13/h2-3,6-7,10,14H,4-5,8-9H2,1H3. The van der Waals surface area contributed by atoms with Crippen LogP contribution in [0.3, 0.4) is 0 Å². The molecule has 6 heteroatoms. The van der Waals surface area contributed by atoms with E-state index >= 15 is 0 Å². The van der Waals surface area contributed by atoms with E-state index in [1.54, 1.807) is 22.5 Å². The molecule has 1 aromatic carbocycles. The van der Waals surface area contributed by atoms with E-state index < -0.39 is 10.0 Å². The van der Waals surface area contributed by atoms with Crippen LogP contribution in [0.25, 0.3) is 0 Å². The van der Waals surface area contributed by atoms with Gasteiger partial charge in [0.1, 0.15) is 0 Å². The van der Waals surface area contributed by atoms with Crippen molar-refractivity contribution in [3.8, 4) is 0 Å². The van der Waals surface area contributed by atoms with E-state index in [-0.39, 0.29) is 6.04 Å². The van der Waals surface area contributed by atoms with Crippen LogP contribution in [-0.2, 0) is 10.0 Å². The molecule has 2 rings (SSSR count). The van der Waals surface area contributed by atoms with Gasteiger partial charge >= 0.3 is 0 Å². The van der Waals surface area contributed by atoms with Gasteiger partial charge in [-0.15, -0.1) is 0 Å². The van der Waals surface area contributed by atoms with E-state index in [4.69, 9.17) is 0 Å². The third-order valence-electron chi connectivity index (χ3n) is 3.19. The zero-order chi connectivity index (χ0) is 13.2. The maximum absolute atomic E-state index is 12.6. The van der Waals surface area contributed by atoms with Gasteiger partial charge in [-0.25, -0.2) is 8.42 Å². The predicted octanol–water partition coefficient (Wildman–Crippen LogP) is 1.82. The van der Waals surface area contributed by atoms with Crippen LogP contribution >= 0.6 is 15.9 Å². The van der Waals surface area contributed by atoms with Crippen LogP contribution in [0.1, 0.15) is 12.8 Å². The smallest absolute Gasteiger partial charge is 0.244 e. The van der Waals surface area contributed by atoms with Crippen LogP contribution in [0.2, 0.25) is 0 Å². The van der Waals surface area contributed by atoms with Gasteiger partial charge < -0.3 is 5.32 Å². The van der Waals surface area contributed by atoms with Crippen LogP contribution in [0.5, 0.6) is 0 Å². The van der Waals surface area contributed by atoms with Crippen LogP contribution in [0.15, 0.2) is 33.6 Å². The third-order valence-corrected chi connectivity index (χ3v) is 6.15. The van der Waals surface area contributed by atoms with Crippen molar-refractivity contribution in [3.63, 3.8) is 0 Å². The molecule has 100 valence electrons. The number of benzene rings is 1. The molecule has 0 spiro atoms. The molecule has 0 amide bonds. The SMILES string of the molecule is CNCC1CCCN1S(=O)(=O)c1ccccc1Br. The second kappa shape index (κ2) is 5.69. The summed E-state index contributed by atoms with van der Waals surface area (Å²) in [5, 5.41) is 3.06. The maximum atomic E-state index is 12.6. The molecular weight excluding hydrogens is 316 g/mol. The van der Waals surface area contributed by atoms with Crippen molar-refractivity contribution in [3.05, 3.63) is 28.7 Å². The first-order valence-electron chi connectivity index (χ1n) is 5.98. The molecule has 1 aliphatic heterocycles. The van der Waals surface area contributed by atoms with Crippen molar-refractivity contribution in [2.24, 2.45) is 0 Å². The van der Waals surface area contributed by atoms with Gasteiger partial charge in [0.15, 0.2) is 0 Å². The minimum Gasteiger partial charge on any atom is -0.318 e. The van der Waals surface area contributed by atoms with Crippen molar-refractivity contribution in [2.45, 2.75) is 23.8 Å². The first-order chi connectivity index (χ1) is 8.57. The van der Waals surface area contributed by atoms with Gasteiger partial charge in [0.05, 0.1) is 4.90 Å². The molecule has 18 heavy (non-hydrogen) atoms. The lowest BCUT2D eigenvalue weighted by Gasteiger charge is -2.24. The number of hydrogen-bond donors (Lipinski definition) is 1. The average Bonchev–Trinajstić information content (AvgIpc) is 2.79. The molecule has 1 aromatic rings. The number of halogens is 1. The molecule has 1 heterocycles. The van der Waals surface area contributed by atoms with Gasteiger partial charge in [0.2, 0.25) is 10.0 Å². The number of rotatable bonds is 4. The molecule has 1 fully saturated rings. The first-order valence-corrected chi connectivity index (χ1v) is 8.21. The van der Waals surface area contributed by atoms with E-state index in [0.717, 1.165) is 12.8 Å². The van der Waals surface area contributed by atoms with E-state index in [1.807, 2.05) is 13.1 Å². The lowest BCUT2D eigenvalue weighted by Crippen LogP contribution is -2.40. The fourth-order valence-electron chi connectivity index (χ4n) is 2.35. The van der Waals surface area contributed by atoms with Gasteiger partial charge in [-0.1, -0.05) is 12.1 Å². The number of hydrogen-bond acceptors (Lipinski definition) is 3. The van der Waals surface area contributed by atoms with Gasteiger partial charge in [0, 0.05) is 23.6 Å². The van der Waals surface area contributed by atoms with Crippen molar-refractivity contribution in [1.82, 2.24) is 9.62 Å². The molecule has 0 bridgehead atoms. The molecular formula is C12H17BrN2O2S. The van der Waals surface area contributed by atoms with E-state index in [1.165, 1.54) is 0 Å². The Morgan fingerprint density at radius 1 is 1.44 bits per heavy atom. The first kappa shape index (κ1) is 14.0. The minimum absolute atomic E-state index is 0.0621. The van der Waals surface area contributed by atoms with Crippen molar-refractivity contribution in [1.29, 1.82) is 0 Å². The highest BCUT2D eigenvalue weighted by Gasteiger charge is 2.35. The second-order valence-electron chi connectivity index (χ2n) is 4.40.